The minimum atomic E-state index is -1.01. The van der Waals surface area contributed by atoms with Crippen LogP contribution in [0, 0.1) is 20.8 Å². The number of thiazole rings is 1. The molecule has 0 spiro atoms. The summed E-state index contributed by atoms with van der Waals surface area (Å²) in [7, 11) is 0. The van der Waals surface area contributed by atoms with Crippen LogP contribution in [0.2, 0.25) is 0 Å². The highest BCUT2D eigenvalue weighted by molar-refractivity contribution is 7.17. The van der Waals surface area contributed by atoms with Gasteiger partial charge in [0.25, 0.3) is 5.91 Å². The number of benzene rings is 1. The standard InChI is InChI=1S/C20H24N2O4S/c1-12-4-5-16(13(2)10-12)19-21-14(3)18(27-19)20(25)22(11-17(23)24)15-6-8-26-9-7-15/h4-5,10,15H,6-9,11H2,1-3H3,(H,23,24). The normalized spacial score (nSPS) is 14.9. The number of aryl methyl sites for hydroxylation is 3. The summed E-state index contributed by atoms with van der Waals surface area (Å²) < 4.78 is 5.35. The van der Waals surface area contributed by atoms with Crippen molar-refractivity contribution in [2.45, 2.75) is 39.7 Å². The van der Waals surface area contributed by atoms with Gasteiger partial charge >= 0.3 is 5.97 Å². The summed E-state index contributed by atoms with van der Waals surface area (Å²) in [5.74, 6) is -1.26. The molecule has 144 valence electrons. The fourth-order valence-corrected chi connectivity index (χ4v) is 4.52. The molecule has 0 radical (unpaired) electrons. The van der Waals surface area contributed by atoms with Crippen molar-refractivity contribution in [1.29, 1.82) is 0 Å². The van der Waals surface area contributed by atoms with Crippen LogP contribution in [-0.4, -0.2) is 52.7 Å². The molecule has 0 bridgehead atoms. The van der Waals surface area contributed by atoms with Gasteiger partial charge in [0, 0.05) is 24.8 Å². The second-order valence-electron chi connectivity index (χ2n) is 6.92. The maximum absolute atomic E-state index is 13.2. The van der Waals surface area contributed by atoms with Gasteiger partial charge < -0.3 is 14.7 Å². The first kappa shape index (κ1) is 19.5. The van der Waals surface area contributed by atoms with Crippen LogP contribution >= 0.6 is 11.3 Å². The largest absolute Gasteiger partial charge is 0.480 e. The molecule has 2 heterocycles. The van der Waals surface area contributed by atoms with E-state index in [1.165, 1.54) is 21.8 Å². The first-order valence-corrected chi connectivity index (χ1v) is 9.84. The van der Waals surface area contributed by atoms with E-state index in [1.54, 1.807) is 6.92 Å². The number of aliphatic carboxylic acids is 1. The summed E-state index contributed by atoms with van der Waals surface area (Å²) in [5.41, 5.74) is 3.92. The highest BCUT2D eigenvalue weighted by Gasteiger charge is 2.30. The van der Waals surface area contributed by atoms with E-state index in [9.17, 15) is 14.7 Å². The zero-order chi connectivity index (χ0) is 19.6. The van der Waals surface area contributed by atoms with E-state index >= 15 is 0 Å². The van der Waals surface area contributed by atoms with Gasteiger partial charge in [0.05, 0.1) is 5.69 Å². The number of aromatic nitrogens is 1. The molecule has 0 aliphatic carbocycles. The van der Waals surface area contributed by atoms with Crippen LogP contribution in [0.5, 0.6) is 0 Å². The Labute approximate surface area is 162 Å². The Hall–Kier alpha value is -2.25. The van der Waals surface area contributed by atoms with Gasteiger partial charge in [-0.1, -0.05) is 23.8 Å². The molecule has 1 N–H and O–H groups in total. The van der Waals surface area contributed by atoms with Gasteiger partial charge in [-0.05, 0) is 39.2 Å². The lowest BCUT2D eigenvalue weighted by atomic mass is 10.1. The fourth-order valence-electron chi connectivity index (χ4n) is 3.40. The van der Waals surface area contributed by atoms with Crippen molar-refractivity contribution in [1.82, 2.24) is 9.88 Å². The van der Waals surface area contributed by atoms with E-state index in [-0.39, 0.29) is 18.5 Å². The van der Waals surface area contributed by atoms with E-state index in [2.05, 4.69) is 11.1 Å². The Morgan fingerprint density at radius 1 is 1.26 bits per heavy atom. The summed E-state index contributed by atoms with van der Waals surface area (Å²) >= 11 is 1.33. The van der Waals surface area contributed by atoms with Gasteiger partial charge in [0.15, 0.2) is 0 Å². The molecule has 1 aromatic carbocycles. The fraction of sp³-hybridized carbons (Fsp3) is 0.450. The molecule has 0 saturated carbocycles. The molecule has 3 rings (SSSR count). The molecule has 27 heavy (non-hydrogen) atoms. The average molecular weight is 388 g/mol. The van der Waals surface area contributed by atoms with Crippen LogP contribution < -0.4 is 0 Å². The molecule has 7 heteroatoms. The molecule has 1 amide bonds. The highest BCUT2D eigenvalue weighted by atomic mass is 32.1. The zero-order valence-corrected chi connectivity index (χ0v) is 16.6. The van der Waals surface area contributed by atoms with Crippen molar-refractivity contribution in [2.75, 3.05) is 19.8 Å². The molecule has 1 aliphatic heterocycles. The third kappa shape index (κ3) is 4.36. The number of carbonyl (C=O) groups excluding carboxylic acids is 1. The minimum Gasteiger partial charge on any atom is -0.480 e. The molecule has 6 nitrogen and oxygen atoms in total. The van der Waals surface area contributed by atoms with Crippen molar-refractivity contribution in [3.8, 4) is 10.6 Å². The number of amides is 1. The first-order chi connectivity index (χ1) is 12.9. The van der Waals surface area contributed by atoms with Gasteiger partial charge in [-0.2, -0.15) is 0 Å². The van der Waals surface area contributed by atoms with E-state index in [1.807, 2.05) is 26.0 Å². The second-order valence-corrected chi connectivity index (χ2v) is 7.92. The number of hydrogen-bond donors (Lipinski definition) is 1. The van der Waals surface area contributed by atoms with Crippen molar-refractivity contribution in [3.63, 3.8) is 0 Å². The Morgan fingerprint density at radius 3 is 2.59 bits per heavy atom. The number of ether oxygens (including phenoxy) is 1. The smallest absolute Gasteiger partial charge is 0.323 e. The molecular formula is C20H24N2O4S. The lowest BCUT2D eigenvalue weighted by Gasteiger charge is -2.33. The molecule has 1 aliphatic rings. The predicted molar refractivity (Wildman–Crippen MR) is 104 cm³/mol. The molecule has 1 saturated heterocycles. The third-order valence-corrected chi connectivity index (χ3v) is 5.98. The molecule has 0 unspecified atom stereocenters. The average Bonchev–Trinajstić information content (AvgIpc) is 3.01. The number of carbonyl (C=O) groups is 2. The van der Waals surface area contributed by atoms with Gasteiger partial charge in [-0.25, -0.2) is 4.98 Å². The molecule has 1 fully saturated rings. The Kier molecular flexibility index (Phi) is 5.92. The number of carboxylic acids is 1. The van der Waals surface area contributed by atoms with E-state index in [0.29, 0.717) is 36.6 Å². The summed E-state index contributed by atoms with van der Waals surface area (Å²) in [6.07, 6.45) is 1.31. The summed E-state index contributed by atoms with van der Waals surface area (Å²) in [5, 5.41) is 10.1. The molecule has 2 aromatic rings. The van der Waals surface area contributed by atoms with Crippen LogP contribution in [-0.2, 0) is 9.53 Å². The van der Waals surface area contributed by atoms with Crippen molar-refractivity contribution in [3.05, 3.63) is 39.9 Å². The van der Waals surface area contributed by atoms with Gasteiger partial charge in [0.1, 0.15) is 16.4 Å². The zero-order valence-electron chi connectivity index (χ0n) is 15.8. The number of rotatable bonds is 5. The quantitative estimate of drug-likeness (QED) is 0.849. The van der Waals surface area contributed by atoms with Crippen LogP contribution in [0.3, 0.4) is 0 Å². The maximum Gasteiger partial charge on any atom is 0.323 e. The van der Waals surface area contributed by atoms with Crippen molar-refractivity contribution < 1.29 is 19.4 Å². The van der Waals surface area contributed by atoms with E-state index in [0.717, 1.165) is 16.1 Å². The van der Waals surface area contributed by atoms with E-state index in [4.69, 9.17) is 4.74 Å². The van der Waals surface area contributed by atoms with Crippen molar-refractivity contribution >= 4 is 23.2 Å². The van der Waals surface area contributed by atoms with Gasteiger partial charge in [0.2, 0.25) is 0 Å². The highest BCUT2D eigenvalue weighted by Crippen LogP contribution is 2.32. The van der Waals surface area contributed by atoms with E-state index < -0.39 is 5.97 Å². The number of carboxylic acid groups (broad SMARTS) is 1. The minimum absolute atomic E-state index is 0.117. The lowest BCUT2D eigenvalue weighted by molar-refractivity contribution is -0.138. The number of nitrogens with zero attached hydrogens (tertiary/aromatic N) is 2. The third-order valence-electron chi connectivity index (χ3n) is 4.80. The van der Waals surface area contributed by atoms with Gasteiger partial charge in [-0.3, -0.25) is 9.59 Å². The van der Waals surface area contributed by atoms with Crippen molar-refractivity contribution in [2.24, 2.45) is 0 Å². The predicted octanol–water partition coefficient (Wildman–Crippen LogP) is 3.44. The molecule has 0 atom stereocenters. The van der Waals surface area contributed by atoms with Crippen LogP contribution in [0.15, 0.2) is 18.2 Å². The Bertz CT molecular complexity index is 856. The maximum atomic E-state index is 13.2. The Morgan fingerprint density at radius 2 is 1.96 bits per heavy atom. The number of hydrogen-bond acceptors (Lipinski definition) is 5. The summed E-state index contributed by atoms with van der Waals surface area (Å²) in [6.45, 7) is 6.66. The van der Waals surface area contributed by atoms with Crippen LogP contribution in [0.1, 0.15) is 39.3 Å². The first-order valence-electron chi connectivity index (χ1n) is 9.02. The van der Waals surface area contributed by atoms with Gasteiger partial charge in [-0.15, -0.1) is 11.3 Å². The second kappa shape index (κ2) is 8.19. The lowest BCUT2D eigenvalue weighted by Crippen LogP contribution is -2.46. The molecular weight excluding hydrogens is 364 g/mol. The Balaban J connectivity index is 1.92. The summed E-state index contributed by atoms with van der Waals surface area (Å²) in [6, 6.07) is 6.02. The van der Waals surface area contributed by atoms with Crippen LogP contribution in [0.25, 0.3) is 10.6 Å². The van der Waals surface area contributed by atoms with Crippen LogP contribution in [0.4, 0.5) is 0 Å². The summed E-state index contributed by atoms with van der Waals surface area (Å²) in [4.78, 5) is 31.1. The topological polar surface area (TPSA) is 79.7 Å². The molecule has 1 aromatic heterocycles. The SMILES string of the molecule is Cc1ccc(-c2nc(C)c(C(=O)N(CC(=O)O)C3CCOCC3)s2)c(C)c1. The monoisotopic (exact) mass is 388 g/mol.